The number of hydrogen-bond donors (Lipinski definition) is 0. The molecule has 4 atom stereocenters. The Kier molecular flexibility index (Phi) is 2.54. The van der Waals surface area contributed by atoms with Crippen LogP contribution in [0.25, 0.3) is 0 Å². The Morgan fingerprint density at radius 1 is 1.00 bits per heavy atom. The Bertz CT molecular complexity index is 962. The van der Waals surface area contributed by atoms with Crippen LogP contribution in [0.15, 0.2) is 42.5 Å². The van der Waals surface area contributed by atoms with Gasteiger partial charge >= 0.3 is 5.97 Å². The Morgan fingerprint density at radius 2 is 1.72 bits per heavy atom. The third kappa shape index (κ3) is 1.38. The number of hydrogen-bond acceptors (Lipinski definition) is 4. The van der Waals surface area contributed by atoms with E-state index in [1.807, 2.05) is 50.2 Å². The van der Waals surface area contributed by atoms with Gasteiger partial charge in [-0.25, -0.2) is 0 Å². The number of fused-ring (bicyclic) bond motifs is 2. The highest BCUT2D eigenvalue weighted by Gasteiger charge is 2.73. The molecule has 4 nitrogen and oxygen atoms in total. The highest BCUT2D eigenvalue weighted by molar-refractivity contribution is 6.10. The zero-order chi connectivity index (χ0) is 17.6. The van der Waals surface area contributed by atoms with Crippen LogP contribution in [-0.4, -0.2) is 18.9 Å². The monoisotopic (exact) mass is 334 g/mol. The summed E-state index contributed by atoms with van der Waals surface area (Å²) in [5.41, 5.74) is 2.07. The molecular formula is C21H18O4. The van der Waals surface area contributed by atoms with E-state index in [1.165, 1.54) is 0 Å². The van der Waals surface area contributed by atoms with Crippen LogP contribution in [0.3, 0.4) is 0 Å². The molecule has 0 saturated carbocycles. The van der Waals surface area contributed by atoms with Gasteiger partial charge in [-0.15, -0.1) is 0 Å². The normalized spacial score (nSPS) is 34.2. The first-order valence-electron chi connectivity index (χ1n) is 8.47. The van der Waals surface area contributed by atoms with Crippen molar-refractivity contribution in [1.82, 2.24) is 0 Å². The number of carbonyl (C=O) groups is 2. The number of ketones is 1. The molecule has 2 aliphatic heterocycles. The van der Waals surface area contributed by atoms with Crippen molar-refractivity contribution in [3.8, 4) is 5.75 Å². The number of rotatable bonds is 1. The Morgan fingerprint density at radius 3 is 2.44 bits per heavy atom. The number of Topliss-reactive ketones (excluding diaryl/α,β-unsaturated/α-hetero) is 1. The Labute approximate surface area is 145 Å². The summed E-state index contributed by atoms with van der Waals surface area (Å²) >= 11 is 0. The first-order valence-corrected chi connectivity index (χ1v) is 8.47. The van der Waals surface area contributed by atoms with Gasteiger partial charge in [-0.05, 0) is 35.7 Å². The topological polar surface area (TPSA) is 52.6 Å². The van der Waals surface area contributed by atoms with Crippen LogP contribution in [0.1, 0.15) is 52.9 Å². The van der Waals surface area contributed by atoms with Crippen LogP contribution in [0, 0.1) is 5.41 Å². The molecule has 0 N–H and O–H groups in total. The van der Waals surface area contributed by atoms with Crippen molar-refractivity contribution in [3.05, 3.63) is 64.7 Å². The summed E-state index contributed by atoms with van der Waals surface area (Å²) in [4.78, 5) is 26.3. The molecule has 1 fully saturated rings. The maximum absolute atomic E-state index is 13.5. The molecule has 0 radical (unpaired) electrons. The van der Waals surface area contributed by atoms with Crippen LogP contribution in [0.5, 0.6) is 5.75 Å². The summed E-state index contributed by atoms with van der Waals surface area (Å²) < 4.78 is 11.1. The number of esters is 1. The molecule has 4 aliphatic rings. The quantitative estimate of drug-likeness (QED) is 0.749. The third-order valence-corrected chi connectivity index (χ3v) is 6.74. The fourth-order valence-electron chi connectivity index (χ4n) is 5.30. The lowest BCUT2D eigenvalue weighted by molar-refractivity contribution is -0.180. The van der Waals surface area contributed by atoms with Crippen molar-refractivity contribution in [2.24, 2.45) is 5.41 Å². The first-order chi connectivity index (χ1) is 11.9. The molecule has 4 heteroatoms. The molecule has 25 heavy (non-hydrogen) atoms. The van der Waals surface area contributed by atoms with Gasteiger partial charge in [-0.1, -0.05) is 37.3 Å². The zero-order valence-electron chi connectivity index (χ0n) is 14.3. The largest absolute Gasteiger partial charge is 0.497 e. The molecule has 2 aromatic rings. The Hall–Kier alpha value is -2.62. The third-order valence-electron chi connectivity index (χ3n) is 6.74. The van der Waals surface area contributed by atoms with Gasteiger partial charge in [-0.2, -0.15) is 0 Å². The van der Waals surface area contributed by atoms with Gasteiger partial charge < -0.3 is 9.47 Å². The van der Waals surface area contributed by atoms with Crippen molar-refractivity contribution >= 4 is 11.8 Å². The molecule has 0 spiro atoms. The van der Waals surface area contributed by atoms with E-state index in [1.54, 1.807) is 13.2 Å². The minimum Gasteiger partial charge on any atom is -0.497 e. The van der Waals surface area contributed by atoms with E-state index >= 15 is 0 Å². The SMILES string of the molecule is COc1ccc2c(c1)C(=O)[C@]1(C)[C@H]3OC(=O)[C@H](c4ccccc43)[C@]21C. The number of methoxy groups -OCH3 is 1. The molecule has 2 heterocycles. The second-order valence-electron chi connectivity index (χ2n) is 7.52. The molecule has 6 rings (SSSR count). The van der Waals surface area contributed by atoms with Crippen molar-refractivity contribution in [2.45, 2.75) is 31.3 Å². The van der Waals surface area contributed by atoms with E-state index in [9.17, 15) is 9.59 Å². The maximum atomic E-state index is 13.5. The van der Waals surface area contributed by atoms with Gasteiger partial charge in [0.25, 0.3) is 0 Å². The maximum Gasteiger partial charge on any atom is 0.315 e. The molecule has 1 saturated heterocycles. The van der Waals surface area contributed by atoms with Crippen LogP contribution in [0.4, 0.5) is 0 Å². The molecule has 2 aromatic carbocycles. The van der Waals surface area contributed by atoms with E-state index in [0.29, 0.717) is 11.3 Å². The fourth-order valence-corrected chi connectivity index (χ4v) is 5.30. The van der Waals surface area contributed by atoms with Gasteiger partial charge in [0.1, 0.15) is 11.9 Å². The van der Waals surface area contributed by atoms with Gasteiger partial charge in [0.15, 0.2) is 5.78 Å². The summed E-state index contributed by atoms with van der Waals surface area (Å²) in [6, 6.07) is 13.4. The minimum atomic E-state index is -0.811. The van der Waals surface area contributed by atoms with E-state index in [-0.39, 0.29) is 11.8 Å². The Balaban J connectivity index is 1.87. The van der Waals surface area contributed by atoms with Crippen molar-refractivity contribution in [2.75, 3.05) is 7.11 Å². The van der Waals surface area contributed by atoms with Crippen molar-refractivity contribution in [1.29, 1.82) is 0 Å². The van der Waals surface area contributed by atoms with Gasteiger partial charge in [0.2, 0.25) is 0 Å². The number of benzene rings is 2. The molecule has 0 unspecified atom stereocenters. The predicted octanol–water partition coefficient (Wildman–Crippen LogP) is 3.55. The smallest absolute Gasteiger partial charge is 0.315 e. The molecule has 2 bridgehead atoms. The van der Waals surface area contributed by atoms with Gasteiger partial charge in [0.05, 0.1) is 18.4 Å². The van der Waals surface area contributed by atoms with Crippen molar-refractivity contribution in [3.63, 3.8) is 0 Å². The van der Waals surface area contributed by atoms with E-state index in [4.69, 9.17) is 9.47 Å². The molecule has 2 aliphatic carbocycles. The summed E-state index contributed by atoms with van der Waals surface area (Å²) in [6.07, 6.45) is -0.558. The lowest BCUT2D eigenvalue weighted by atomic mass is 9.49. The molecule has 0 amide bonds. The first kappa shape index (κ1) is 14.7. The van der Waals surface area contributed by atoms with Crippen LogP contribution in [0.2, 0.25) is 0 Å². The fraction of sp³-hybridized carbons (Fsp3) is 0.333. The van der Waals surface area contributed by atoms with Crippen LogP contribution in [-0.2, 0) is 14.9 Å². The highest BCUT2D eigenvalue weighted by Crippen LogP contribution is 2.70. The minimum absolute atomic E-state index is 0.0286. The van der Waals surface area contributed by atoms with Gasteiger partial charge in [0, 0.05) is 11.0 Å². The average Bonchev–Trinajstić information content (AvgIpc) is 2.81. The molecule has 0 aromatic heterocycles. The summed E-state index contributed by atoms with van der Waals surface area (Å²) in [5, 5.41) is 0. The highest BCUT2D eigenvalue weighted by atomic mass is 16.5. The predicted molar refractivity (Wildman–Crippen MR) is 90.8 cm³/mol. The molecular weight excluding hydrogens is 316 g/mol. The second-order valence-corrected chi connectivity index (χ2v) is 7.52. The zero-order valence-corrected chi connectivity index (χ0v) is 14.3. The van der Waals surface area contributed by atoms with Gasteiger partial charge in [-0.3, -0.25) is 9.59 Å². The lowest BCUT2D eigenvalue weighted by Crippen LogP contribution is -2.60. The lowest BCUT2D eigenvalue weighted by Gasteiger charge is -2.57. The summed E-state index contributed by atoms with van der Waals surface area (Å²) in [5.74, 6) is -0.0339. The van der Waals surface area contributed by atoms with Crippen LogP contribution >= 0.6 is 0 Å². The van der Waals surface area contributed by atoms with E-state index < -0.39 is 22.9 Å². The summed E-state index contributed by atoms with van der Waals surface area (Å²) in [7, 11) is 1.59. The second kappa shape index (κ2) is 4.31. The average molecular weight is 334 g/mol. The summed E-state index contributed by atoms with van der Waals surface area (Å²) in [6.45, 7) is 3.99. The number of carbonyl (C=O) groups excluding carboxylic acids is 2. The van der Waals surface area contributed by atoms with Crippen molar-refractivity contribution < 1.29 is 19.1 Å². The molecule has 126 valence electrons. The number of ether oxygens (including phenoxy) is 2. The standard InChI is InChI=1S/C21H18O4/c1-20-15-9-8-11(24-3)10-14(15)17(22)21(20,2)18-13-7-5-4-6-12(13)16(20)19(23)25-18/h4-10,16,18H,1-3H3/t16-,18-,20-,21+/m0/s1. The van der Waals surface area contributed by atoms with E-state index in [2.05, 4.69) is 0 Å². The van der Waals surface area contributed by atoms with E-state index in [0.717, 1.165) is 16.7 Å². The van der Waals surface area contributed by atoms with Crippen LogP contribution < -0.4 is 4.74 Å².